The van der Waals surface area contributed by atoms with Crippen molar-refractivity contribution in [3.63, 3.8) is 0 Å². The van der Waals surface area contributed by atoms with E-state index in [9.17, 15) is 9.59 Å². The lowest BCUT2D eigenvalue weighted by Gasteiger charge is -2.29. The molecule has 6 nitrogen and oxygen atoms in total. The summed E-state index contributed by atoms with van der Waals surface area (Å²) < 4.78 is 1.15. The Balaban J connectivity index is 1.22. The molecule has 0 aliphatic heterocycles. The number of nitrogens with zero attached hydrogens (tertiary/aromatic N) is 1. The fourth-order valence-electron chi connectivity index (χ4n) is 4.50. The van der Waals surface area contributed by atoms with Gasteiger partial charge in [-0.05, 0) is 60.2 Å². The van der Waals surface area contributed by atoms with Crippen LogP contribution in [0.2, 0.25) is 0 Å². The Bertz CT molecular complexity index is 1310. The van der Waals surface area contributed by atoms with Crippen molar-refractivity contribution in [2.45, 2.75) is 44.3 Å². The van der Waals surface area contributed by atoms with Gasteiger partial charge in [0, 0.05) is 53.0 Å². The van der Waals surface area contributed by atoms with E-state index in [-0.39, 0.29) is 23.1 Å². The molecule has 5 rings (SSSR count). The molecule has 1 aliphatic carbocycles. The highest BCUT2D eigenvalue weighted by Gasteiger charge is 2.23. The average molecular weight is 459 g/mol. The number of nitrogens with one attached hydrogen (secondary N) is 3. The normalized spacial score (nSPS) is 18.3. The molecule has 0 spiro atoms. The Kier molecular flexibility index (Phi) is 6.32. The monoisotopic (exact) mass is 458 g/mol. The molecule has 3 heterocycles. The van der Waals surface area contributed by atoms with Crippen LogP contribution in [0.1, 0.15) is 41.6 Å². The van der Waals surface area contributed by atoms with Crippen molar-refractivity contribution in [2.75, 3.05) is 0 Å². The van der Waals surface area contributed by atoms with Crippen LogP contribution in [0.15, 0.2) is 71.2 Å². The summed E-state index contributed by atoms with van der Waals surface area (Å²) >= 11 is 1.66. The zero-order chi connectivity index (χ0) is 22.6. The van der Waals surface area contributed by atoms with Gasteiger partial charge in [-0.3, -0.25) is 14.6 Å². The molecule has 0 radical (unpaired) electrons. The number of benzene rings is 1. The van der Waals surface area contributed by atoms with E-state index >= 15 is 0 Å². The van der Waals surface area contributed by atoms with Crippen LogP contribution in [-0.2, 0) is 6.54 Å². The van der Waals surface area contributed by atoms with Crippen molar-refractivity contribution in [2.24, 2.45) is 0 Å². The summed E-state index contributed by atoms with van der Waals surface area (Å²) in [4.78, 5) is 32.3. The highest BCUT2D eigenvalue weighted by atomic mass is 32.1. The van der Waals surface area contributed by atoms with Crippen molar-refractivity contribution < 1.29 is 4.79 Å². The van der Waals surface area contributed by atoms with Gasteiger partial charge in [0.15, 0.2) is 0 Å². The van der Waals surface area contributed by atoms with Gasteiger partial charge in [-0.1, -0.05) is 24.3 Å². The van der Waals surface area contributed by atoms with E-state index in [1.165, 1.54) is 5.56 Å². The molecule has 1 aliphatic rings. The van der Waals surface area contributed by atoms with Gasteiger partial charge in [-0.2, -0.15) is 0 Å². The fraction of sp³-hybridized carbons (Fsp3) is 0.269. The van der Waals surface area contributed by atoms with E-state index in [0.717, 1.165) is 53.4 Å². The number of hydrogen-bond donors (Lipinski definition) is 3. The van der Waals surface area contributed by atoms with Crippen LogP contribution in [0.3, 0.4) is 0 Å². The minimum atomic E-state index is -0.360. The first-order valence-corrected chi connectivity index (χ1v) is 12.2. The summed E-state index contributed by atoms with van der Waals surface area (Å²) in [5.41, 5.74) is 2.84. The number of hydrogen-bond acceptors (Lipinski definition) is 5. The van der Waals surface area contributed by atoms with Crippen LogP contribution in [0.25, 0.3) is 21.2 Å². The van der Waals surface area contributed by atoms with Crippen LogP contribution in [0.4, 0.5) is 0 Å². The first kappa shape index (κ1) is 21.6. The molecule has 3 N–H and O–H groups in total. The van der Waals surface area contributed by atoms with E-state index in [0.29, 0.717) is 6.04 Å². The molecule has 0 saturated heterocycles. The second-order valence-electron chi connectivity index (χ2n) is 8.54. The molecule has 168 valence electrons. The number of amides is 1. The van der Waals surface area contributed by atoms with Gasteiger partial charge < -0.3 is 15.6 Å². The van der Waals surface area contributed by atoms with Crippen LogP contribution in [0, 0.1) is 0 Å². The van der Waals surface area contributed by atoms with E-state index < -0.39 is 0 Å². The maximum Gasteiger partial charge on any atom is 0.260 e. The standard InChI is InChI=1S/C26H26N4O2S/c31-25-23(13-19(16-29-25)22-5-1-4-18-10-12-33-24(18)22)26(32)30-21-8-6-20(7-9-21)28-15-17-3-2-11-27-14-17/h1-5,10-14,16,20-21,28H,6-9,15H2,(H,29,31)(H,30,32). The predicted octanol–water partition coefficient (Wildman–Crippen LogP) is 4.48. The van der Waals surface area contributed by atoms with Crippen molar-refractivity contribution in [3.05, 3.63) is 87.9 Å². The van der Waals surface area contributed by atoms with Crippen molar-refractivity contribution >= 4 is 27.3 Å². The molecule has 0 unspecified atom stereocenters. The molecule has 7 heteroatoms. The average Bonchev–Trinajstić information content (AvgIpc) is 3.34. The summed E-state index contributed by atoms with van der Waals surface area (Å²) in [5.74, 6) is -0.303. The Morgan fingerprint density at radius 2 is 1.94 bits per heavy atom. The summed E-state index contributed by atoms with van der Waals surface area (Å²) in [5, 5.41) is 9.88. The highest BCUT2D eigenvalue weighted by molar-refractivity contribution is 7.17. The zero-order valence-electron chi connectivity index (χ0n) is 18.2. The molecule has 0 bridgehead atoms. The van der Waals surface area contributed by atoms with Gasteiger partial charge in [0.05, 0.1) is 0 Å². The third-order valence-corrected chi connectivity index (χ3v) is 7.28. The summed E-state index contributed by atoms with van der Waals surface area (Å²) in [6.45, 7) is 0.800. The lowest BCUT2D eigenvalue weighted by atomic mass is 9.91. The lowest BCUT2D eigenvalue weighted by molar-refractivity contribution is 0.0922. The van der Waals surface area contributed by atoms with Crippen molar-refractivity contribution in [1.29, 1.82) is 0 Å². The molecule has 1 fully saturated rings. The van der Waals surface area contributed by atoms with Gasteiger partial charge in [-0.25, -0.2) is 0 Å². The molecule has 1 saturated carbocycles. The maximum atomic E-state index is 13.0. The number of thiophene rings is 1. The Hall–Kier alpha value is -3.29. The van der Waals surface area contributed by atoms with Crippen LogP contribution in [0.5, 0.6) is 0 Å². The summed E-state index contributed by atoms with van der Waals surface area (Å²) in [6, 6.07) is 14.4. The Labute approximate surface area is 196 Å². The van der Waals surface area contributed by atoms with Crippen LogP contribution in [-0.4, -0.2) is 28.0 Å². The predicted molar refractivity (Wildman–Crippen MR) is 132 cm³/mol. The minimum Gasteiger partial charge on any atom is -0.349 e. The minimum absolute atomic E-state index is 0.0812. The van der Waals surface area contributed by atoms with Crippen molar-refractivity contribution in [1.82, 2.24) is 20.6 Å². The largest absolute Gasteiger partial charge is 0.349 e. The number of aromatic amines is 1. The van der Waals surface area contributed by atoms with Gasteiger partial charge >= 0.3 is 0 Å². The first-order valence-electron chi connectivity index (χ1n) is 11.3. The molecule has 33 heavy (non-hydrogen) atoms. The number of rotatable bonds is 6. The van der Waals surface area contributed by atoms with Gasteiger partial charge in [0.2, 0.25) is 0 Å². The number of carbonyl (C=O) groups is 1. The number of pyridine rings is 2. The zero-order valence-corrected chi connectivity index (χ0v) is 19.0. The third kappa shape index (κ3) is 4.89. The smallest absolute Gasteiger partial charge is 0.260 e. The number of H-pyrrole nitrogens is 1. The number of fused-ring (bicyclic) bond motifs is 1. The van der Waals surface area contributed by atoms with E-state index in [1.807, 2.05) is 24.4 Å². The van der Waals surface area contributed by atoms with Gasteiger partial charge in [-0.15, -0.1) is 11.3 Å². The second-order valence-corrected chi connectivity index (χ2v) is 9.46. The molecule has 0 atom stereocenters. The molecule has 1 aromatic carbocycles. The van der Waals surface area contributed by atoms with Crippen LogP contribution >= 0.6 is 11.3 Å². The topological polar surface area (TPSA) is 86.9 Å². The molecule has 1 amide bonds. The Morgan fingerprint density at radius 1 is 1.09 bits per heavy atom. The SMILES string of the molecule is O=C(NC1CCC(NCc2cccnc2)CC1)c1cc(-c2cccc3ccsc23)c[nH]c1=O. The summed E-state index contributed by atoms with van der Waals surface area (Å²) in [6.07, 6.45) is 9.10. The molecule has 3 aromatic heterocycles. The van der Waals surface area contributed by atoms with E-state index in [2.05, 4.69) is 44.2 Å². The number of aromatic nitrogens is 2. The highest BCUT2D eigenvalue weighted by Crippen LogP contribution is 2.32. The fourth-order valence-corrected chi connectivity index (χ4v) is 5.43. The first-order chi connectivity index (χ1) is 16.2. The van der Waals surface area contributed by atoms with Gasteiger partial charge in [0.25, 0.3) is 11.5 Å². The quantitative estimate of drug-likeness (QED) is 0.398. The van der Waals surface area contributed by atoms with Crippen LogP contribution < -0.4 is 16.2 Å². The number of carbonyl (C=O) groups excluding carboxylic acids is 1. The third-order valence-electron chi connectivity index (χ3n) is 6.32. The maximum absolute atomic E-state index is 13.0. The van der Waals surface area contributed by atoms with Gasteiger partial charge in [0.1, 0.15) is 5.56 Å². The molecular formula is C26H26N4O2S. The molecule has 4 aromatic rings. The summed E-state index contributed by atoms with van der Waals surface area (Å²) in [7, 11) is 0. The van der Waals surface area contributed by atoms with E-state index in [1.54, 1.807) is 29.8 Å². The van der Waals surface area contributed by atoms with E-state index in [4.69, 9.17) is 0 Å². The lowest BCUT2D eigenvalue weighted by Crippen LogP contribution is -2.43. The molecular weight excluding hydrogens is 432 g/mol. The second kappa shape index (κ2) is 9.68. The Morgan fingerprint density at radius 3 is 2.76 bits per heavy atom. The van der Waals surface area contributed by atoms with Crippen molar-refractivity contribution in [3.8, 4) is 11.1 Å².